The van der Waals surface area contributed by atoms with Crippen LogP contribution in [-0.2, 0) is 6.54 Å². The predicted molar refractivity (Wildman–Crippen MR) is 76.8 cm³/mol. The molecule has 0 aliphatic rings. The number of hydrogen-bond acceptors (Lipinski definition) is 3. The van der Waals surface area contributed by atoms with Crippen molar-refractivity contribution in [2.45, 2.75) is 20.4 Å². The van der Waals surface area contributed by atoms with Crippen molar-refractivity contribution >= 4 is 21.6 Å². The lowest BCUT2D eigenvalue weighted by molar-refractivity contribution is 0.472. The first-order chi connectivity index (χ1) is 8.56. The monoisotopic (exact) mass is 306 g/mol. The van der Waals surface area contributed by atoms with E-state index in [1.807, 2.05) is 0 Å². The Morgan fingerprint density at radius 2 is 1.89 bits per heavy atom. The van der Waals surface area contributed by atoms with Gasteiger partial charge in [-0.3, -0.25) is 4.98 Å². The number of benzene rings is 1. The van der Waals surface area contributed by atoms with Gasteiger partial charge in [-0.25, -0.2) is 0 Å². The molecule has 0 fully saturated rings. The smallest absolute Gasteiger partial charge is 0.133 e. The highest BCUT2D eigenvalue weighted by Crippen LogP contribution is 2.25. The topological polar surface area (TPSA) is 45.1 Å². The van der Waals surface area contributed by atoms with Crippen LogP contribution in [0.3, 0.4) is 0 Å². The Morgan fingerprint density at radius 3 is 2.44 bits per heavy atom. The minimum atomic E-state index is 0.189. The number of nitrogens with zero attached hydrogens (tertiary/aromatic N) is 1. The lowest BCUT2D eigenvalue weighted by Crippen LogP contribution is -2.02. The number of pyridine rings is 1. The van der Waals surface area contributed by atoms with E-state index < -0.39 is 0 Å². The predicted octanol–water partition coefficient (Wildman–Crippen LogP) is 3.78. The first-order valence-corrected chi connectivity index (χ1v) is 6.50. The first-order valence-electron chi connectivity index (χ1n) is 5.71. The lowest BCUT2D eigenvalue weighted by Gasteiger charge is -2.10. The fourth-order valence-electron chi connectivity index (χ4n) is 1.76. The van der Waals surface area contributed by atoms with Crippen LogP contribution < -0.4 is 5.32 Å². The maximum Gasteiger partial charge on any atom is 0.133 e. The molecule has 1 heterocycles. The molecule has 0 saturated heterocycles. The highest BCUT2D eigenvalue weighted by molar-refractivity contribution is 9.10. The van der Waals surface area contributed by atoms with Gasteiger partial charge in [-0.15, -0.1) is 0 Å². The summed E-state index contributed by atoms with van der Waals surface area (Å²) in [7, 11) is 0. The molecule has 1 aromatic heterocycles. The number of aryl methyl sites for hydroxylation is 2. The summed E-state index contributed by atoms with van der Waals surface area (Å²) in [5.41, 5.74) is 4.38. The van der Waals surface area contributed by atoms with Crippen molar-refractivity contribution in [3.63, 3.8) is 0 Å². The van der Waals surface area contributed by atoms with Gasteiger partial charge in [0, 0.05) is 10.2 Å². The number of rotatable bonds is 3. The summed E-state index contributed by atoms with van der Waals surface area (Å²) >= 11 is 3.55. The van der Waals surface area contributed by atoms with Gasteiger partial charge in [-0.1, -0.05) is 15.9 Å². The molecule has 0 unspecified atom stereocenters. The van der Waals surface area contributed by atoms with Crippen LogP contribution in [0.2, 0.25) is 0 Å². The number of halogens is 1. The summed E-state index contributed by atoms with van der Waals surface area (Å²) in [4.78, 5) is 4.13. The molecule has 18 heavy (non-hydrogen) atoms. The molecule has 94 valence electrons. The molecule has 2 rings (SSSR count). The lowest BCUT2D eigenvalue weighted by atomic mass is 10.1. The van der Waals surface area contributed by atoms with Crippen molar-refractivity contribution in [2.24, 2.45) is 0 Å². The molecule has 3 nitrogen and oxygen atoms in total. The largest absolute Gasteiger partial charge is 0.506 e. The number of anilines is 1. The molecule has 0 radical (unpaired) electrons. The highest BCUT2D eigenvalue weighted by Gasteiger charge is 2.02. The summed E-state index contributed by atoms with van der Waals surface area (Å²) in [6.07, 6.45) is 1.45. The highest BCUT2D eigenvalue weighted by atomic mass is 79.9. The summed E-state index contributed by atoms with van der Waals surface area (Å²) in [5.74, 6) is 0.189. The van der Waals surface area contributed by atoms with Crippen molar-refractivity contribution in [1.82, 2.24) is 4.98 Å². The molecule has 0 amide bonds. The Hall–Kier alpha value is -1.55. The SMILES string of the molecule is Cc1cc(NCc2ccc(O)cn2)cc(C)c1Br. The van der Waals surface area contributed by atoms with Gasteiger partial charge in [0.05, 0.1) is 18.4 Å². The molecule has 2 aromatic rings. The van der Waals surface area contributed by atoms with Crippen molar-refractivity contribution < 1.29 is 5.11 Å². The van der Waals surface area contributed by atoms with E-state index in [2.05, 4.69) is 52.2 Å². The molecular weight excluding hydrogens is 292 g/mol. The molecule has 2 N–H and O–H groups in total. The van der Waals surface area contributed by atoms with Crippen molar-refractivity contribution in [2.75, 3.05) is 5.32 Å². The molecule has 4 heteroatoms. The average Bonchev–Trinajstić information content (AvgIpc) is 2.35. The Morgan fingerprint density at radius 1 is 1.22 bits per heavy atom. The van der Waals surface area contributed by atoms with E-state index in [1.165, 1.54) is 17.3 Å². The van der Waals surface area contributed by atoms with Crippen molar-refractivity contribution in [3.05, 3.63) is 51.8 Å². The normalized spacial score (nSPS) is 10.4. The van der Waals surface area contributed by atoms with E-state index in [0.717, 1.165) is 15.9 Å². The zero-order valence-corrected chi connectivity index (χ0v) is 12.0. The maximum atomic E-state index is 9.16. The average molecular weight is 307 g/mol. The Labute approximate surface area is 115 Å². The van der Waals surface area contributed by atoms with Crippen LogP contribution in [-0.4, -0.2) is 10.1 Å². The number of nitrogens with one attached hydrogen (secondary N) is 1. The molecule has 0 bridgehead atoms. The Bertz CT molecular complexity index is 529. The summed E-state index contributed by atoms with van der Waals surface area (Å²) in [6.45, 7) is 4.78. The minimum Gasteiger partial charge on any atom is -0.506 e. The van der Waals surface area contributed by atoms with E-state index >= 15 is 0 Å². The molecule has 0 aliphatic heterocycles. The summed E-state index contributed by atoms with van der Waals surface area (Å²) < 4.78 is 1.15. The van der Waals surface area contributed by atoms with Crippen LogP contribution >= 0.6 is 15.9 Å². The van der Waals surface area contributed by atoms with Gasteiger partial charge in [0.15, 0.2) is 0 Å². The van der Waals surface area contributed by atoms with Crippen LogP contribution in [0.25, 0.3) is 0 Å². The maximum absolute atomic E-state index is 9.16. The second kappa shape index (κ2) is 5.40. The molecule has 0 saturated carbocycles. The third kappa shape index (κ3) is 3.01. The van der Waals surface area contributed by atoms with E-state index in [-0.39, 0.29) is 5.75 Å². The van der Waals surface area contributed by atoms with E-state index in [4.69, 9.17) is 5.11 Å². The zero-order valence-electron chi connectivity index (χ0n) is 10.4. The van der Waals surface area contributed by atoms with Gasteiger partial charge >= 0.3 is 0 Å². The molecule has 0 atom stereocenters. The molecular formula is C14H15BrN2O. The van der Waals surface area contributed by atoms with Gasteiger partial charge in [0.2, 0.25) is 0 Å². The fourth-order valence-corrected chi connectivity index (χ4v) is 1.99. The van der Waals surface area contributed by atoms with Gasteiger partial charge in [-0.2, -0.15) is 0 Å². The third-order valence-electron chi connectivity index (χ3n) is 2.72. The second-order valence-corrected chi connectivity index (χ2v) is 5.08. The summed E-state index contributed by atoms with van der Waals surface area (Å²) in [5, 5.41) is 12.5. The Kier molecular flexibility index (Phi) is 3.87. The molecule has 1 aromatic carbocycles. The van der Waals surface area contributed by atoms with Crippen molar-refractivity contribution in [1.29, 1.82) is 0 Å². The van der Waals surface area contributed by atoms with E-state index in [9.17, 15) is 0 Å². The number of aromatic nitrogens is 1. The Balaban J connectivity index is 2.08. The van der Waals surface area contributed by atoms with Crippen LogP contribution in [0, 0.1) is 13.8 Å². The minimum absolute atomic E-state index is 0.189. The fraction of sp³-hybridized carbons (Fsp3) is 0.214. The third-order valence-corrected chi connectivity index (χ3v) is 3.97. The van der Waals surface area contributed by atoms with Gasteiger partial charge in [-0.05, 0) is 49.2 Å². The molecule has 0 spiro atoms. The first kappa shape index (κ1) is 12.9. The van der Waals surface area contributed by atoms with Gasteiger partial charge in [0.1, 0.15) is 5.75 Å². The van der Waals surface area contributed by atoms with E-state index in [1.54, 1.807) is 12.1 Å². The van der Waals surface area contributed by atoms with Crippen molar-refractivity contribution in [3.8, 4) is 5.75 Å². The number of aromatic hydroxyl groups is 1. The van der Waals surface area contributed by atoms with Crippen LogP contribution in [0.4, 0.5) is 5.69 Å². The second-order valence-electron chi connectivity index (χ2n) is 4.29. The quantitative estimate of drug-likeness (QED) is 0.907. The van der Waals surface area contributed by atoms with E-state index in [0.29, 0.717) is 6.54 Å². The molecule has 0 aliphatic carbocycles. The van der Waals surface area contributed by atoms with Crippen LogP contribution in [0.15, 0.2) is 34.9 Å². The van der Waals surface area contributed by atoms with Crippen LogP contribution in [0.1, 0.15) is 16.8 Å². The van der Waals surface area contributed by atoms with Gasteiger partial charge in [0.25, 0.3) is 0 Å². The van der Waals surface area contributed by atoms with Crippen LogP contribution in [0.5, 0.6) is 5.75 Å². The standard InChI is InChI=1S/C14H15BrN2O/c1-9-5-12(6-10(2)14(9)15)16-7-11-3-4-13(18)8-17-11/h3-6,8,16,18H,7H2,1-2H3. The zero-order chi connectivity index (χ0) is 13.1. The summed E-state index contributed by atoms with van der Waals surface area (Å²) in [6, 6.07) is 7.64. The van der Waals surface area contributed by atoms with Gasteiger partial charge < -0.3 is 10.4 Å². The number of hydrogen-bond donors (Lipinski definition) is 2.